The average Bonchev–Trinajstić information content (AvgIpc) is 2.63. The van der Waals surface area contributed by atoms with Crippen LogP contribution in [0.15, 0.2) is 24.3 Å². The number of carbonyl (C=O) groups excluding carboxylic acids is 4. The van der Waals surface area contributed by atoms with Crippen molar-refractivity contribution in [2.45, 2.75) is 12.5 Å². The SMILES string of the molecule is COC(=O)C[C@@H](C(=O)OC)[C@H](NC(=O)c1ccc(O)cc1)C(=O)OC. The Morgan fingerprint density at radius 2 is 1.52 bits per heavy atom. The number of aromatic hydroxyl groups is 1. The van der Waals surface area contributed by atoms with E-state index in [-0.39, 0.29) is 11.3 Å². The van der Waals surface area contributed by atoms with Crippen LogP contribution < -0.4 is 5.32 Å². The van der Waals surface area contributed by atoms with Crippen molar-refractivity contribution in [3.05, 3.63) is 29.8 Å². The fraction of sp³-hybridized carbons (Fsp3) is 0.375. The molecule has 0 radical (unpaired) electrons. The molecule has 1 aromatic carbocycles. The summed E-state index contributed by atoms with van der Waals surface area (Å²) < 4.78 is 13.7. The van der Waals surface area contributed by atoms with E-state index in [1.54, 1.807) is 0 Å². The predicted molar refractivity (Wildman–Crippen MR) is 83.5 cm³/mol. The summed E-state index contributed by atoms with van der Waals surface area (Å²) in [4.78, 5) is 47.8. The van der Waals surface area contributed by atoms with Gasteiger partial charge in [-0.1, -0.05) is 0 Å². The molecule has 9 heteroatoms. The molecule has 0 aliphatic heterocycles. The number of benzene rings is 1. The highest BCUT2D eigenvalue weighted by molar-refractivity contribution is 5.98. The van der Waals surface area contributed by atoms with Crippen LogP contribution >= 0.6 is 0 Å². The minimum absolute atomic E-state index is 0.0424. The van der Waals surface area contributed by atoms with Crippen LogP contribution in [0, 0.1) is 5.92 Å². The third-order valence-electron chi connectivity index (χ3n) is 3.39. The fourth-order valence-electron chi connectivity index (χ4n) is 2.04. The lowest BCUT2D eigenvalue weighted by atomic mass is 9.95. The second kappa shape index (κ2) is 9.26. The van der Waals surface area contributed by atoms with Gasteiger partial charge < -0.3 is 24.6 Å². The third kappa shape index (κ3) is 5.48. The van der Waals surface area contributed by atoms with Gasteiger partial charge in [-0.05, 0) is 24.3 Å². The Bertz CT molecular complexity index is 640. The van der Waals surface area contributed by atoms with Gasteiger partial charge in [-0.2, -0.15) is 0 Å². The molecule has 0 spiro atoms. The number of phenols is 1. The van der Waals surface area contributed by atoms with Gasteiger partial charge in [0.15, 0.2) is 0 Å². The molecular formula is C16H19NO8. The Labute approximate surface area is 143 Å². The number of rotatable bonds is 7. The Morgan fingerprint density at radius 1 is 0.960 bits per heavy atom. The van der Waals surface area contributed by atoms with Crippen LogP contribution in [0.1, 0.15) is 16.8 Å². The van der Waals surface area contributed by atoms with E-state index in [4.69, 9.17) is 0 Å². The molecule has 0 saturated heterocycles. The zero-order chi connectivity index (χ0) is 19.0. The van der Waals surface area contributed by atoms with Crippen molar-refractivity contribution in [3.8, 4) is 5.75 Å². The quantitative estimate of drug-likeness (QED) is 0.518. The molecule has 1 rings (SSSR count). The van der Waals surface area contributed by atoms with E-state index in [2.05, 4.69) is 19.5 Å². The molecule has 0 aliphatic rings. The molecule has 9 nitrogen and oxygen atoms in total. The topological polar surface area (TPSA) is 128 Å². The molecule has 25 heavy (non-hydrogen) atoms. The molecule has 136 valence electrons. The van der Waals surface area contributed by atoms with Crippen molar-refractivity contribution in [1.82, 2.24) is 5.32 Å². The highest BCUT2D eigenvalue weighted by Gasteiger charge is 2.38. The first-order valence-corrected chi connectivity index (χ1v) is 7.16. The molecule has 0 unspecified atom stereocenters. The van der Waals surface area contributed by atoms with Crippen molar-refractivity contribution in [1.29, 1.82) is 0 Å². The lowest BCUT2D eigenvalue weighted by Crippen LogP contribution is -2.50. The van der Waals surface area contributed by atoms with Gasteiger partial charge in [-0.25, -0.2) is 4.79 Å². The molecule has 0 saturated carbocycles. The summed E-state index contributed by atoms with van der Waals surface area (Å²) in [6.07, 6.45) is -0.487. The van der Waals surface area contributed by atoms with Gasteiger partial charge in [0.05, 0.1) is 33.7 Å². The number of esters is 3. The van der Waals surface area contributed by atoms with E-state index < -0.39 is 42.2 Å². The zero-order valence-electron chi connectivity index (χ0n) is 14.0. The lowest BCUT2D eigenvalue weighted by molar-refractivity contribution is -0.158. The first-order chi connectivity index (χ1) is 11.8. The maximum Gasteiger partial charge on any atom is 0.329 e. The number of ether oxygens (including phenoxy) is 3. The fourth-order valence-corrected chi connectivity index (χ4v) is 2.04. The predicted octanol–water partition coefficient (Wildman–Crippen LogP) is 0.0159. The minimum atomic E-state index is -1.46. The monoisotopic (exact) mass is 353 g/mol. The number of methoxy groups -OCH3 is 3. The maximum atomic E-state index is 12.3. The summed E-state index contributed by atoms with van der Waals surface area (Å²) in [5.74, 6) is -4.64. The van der Waals surface area contributed by atoms with Crippen molar-refractivity contribution in [2.75, 3.05) is 21.3 Å². The van der Waals surface area contributed by atoms with Crippen LogP contribution in [-0.4, -0.2) is 56.3 Å². The largest absolute Gasteiger partial charge is 0.508 e. The third-order valence-corrected chi connectivity index (χ3v) is 3.39. The molecule has 2 atom stereocenters. The number of nitrogens with one attached hydrogen (secondary N) is 1. The van der Waals surface area contributed by atoms with Gasteiger partial charge in [0.2, 0.25) is 0 Å². The smallest absolute Gasteiger partial charge is 0.329 e. The van der Waals surface area contributed by atoms with E-state index in [0.29, 0.717) is 0 Å². The molecular weight excluding hydrogens is 334 g/mol. The van der Waals surface area contributed by atoms with E-state index in [0.717, 1.165) is 21.3 Å². The molecule has 1 aromatic rings. The first-order valence-electron chi connectivity index (χ1n) is 7.16. The Morgan fingerprint density at radius 3 is 2.00 bits per heavy atom. The van der Waals surface area contributed by atoms with E-state index in [1.165, 1.54) is 24.3 Å². The molecule has 0 aromatic heterocycles. The summed E-state index contributed by atoms with van der Waals surface area (Å²) in [6, 6.07) is 3.76. The van der Waals surface area contributed by atoms with Crippen molar-refractivity contribution >= 4 is 23.8 Å². The molecule has 0 fully saturated rings. The highest BCUT2D eigenvalue weighted by atomic mass is 16.5. The van der Waals surface area contributed by atoms with Gasteiger partial charge >= 0.3 is 17.9 Å². The summed E-state index contributed by atoms with van der Waals surface area (Å²) in [6.45, 7) is 0. The summed E-state index contributed by atoms with van der Waals surface area (Å²) in [7, 11) is 3.29. The van der Waals surface area contributed by atoms with E-state index >= 15 is 0 Å². The van der Waals surface area contributed by atoms with Crippen LogP contribution in [0.25, 0.3) is 0 Å². The van der Waals surface area contributed by atoms with Gasteiger partial charge in [-0.15, -0.1) is 0 Å². The molecule has 2 N–H and O–H groups in total. The van der Waals surface area contributed by atoms with Crippen LogP contribution in [0.2, 0.25) is 0 Å². The minimum Gasteiger partial charge on any atom is -0.508 e. The van der Waals surface area contributed by atoms with Crippen molar-refractivity contribution in [3.63, 3.8) is 0 Å². The van der Waals surface area contributed by atoms with Crippen LogP contribution in [0.5, 0.6) is 5.75 Å². The highest BCUT2D eigenvalue weighted by Crippen LogP contribution is 2.16. The lowest BCUT2D eigenvalue weighted by Gasteiger charge is -2.23. The number of hydrogen-bond donors (Lipinski definition) is 2. The van der Waals surface area contributed by atoms with Crippen LogP contribution in [-0.2, 0) is 28.6 Å². The van der Waals surface area contributed by atoms with Crippen molar-refractivity contribution in [2.24, 2.45) is 5.92 Å². The van der Waals surface area contributed by atoms with Gasteiger partial charge in [0.1, 0.15) is 11.8 Å². The Balaban J connectivity index is 3.09. The molecule has 0 bridgehead atoms. The Kier molecular flexibility index (Phi) is 7.39. The molecule has 1 amide bonds. The summed E-state index contributed by atoms with van der Waals surface area (Å²) in [5, 5.41) is 11.6. The van der Waals surface area contributed by atoms with Gasteiger partial charge in [0.25, 0.3) is 5.91 Å². The first kappa shape index (κ1) is 19.9. The second-order valence-electron chi connectivity index (χ2n) is 4.93. The summed E-state index contributed by atoms with van der Waals surface area (Å²) >= 11 is 0. The standard InChI is InChI=1S/C16H19NO8/c1-23-12(19)8-11(15(21)24-2)13(16(22)25-3)17-14(20)9-4-6-10(18)7-5-9/h4-7,11,13,18H,8H2,1-3H3,(H,17,20)/t11-,13+/m1/s1. The van der Waals surface area contributed by atoms with E-state index in [9.17, 15) is 24.3 Å². The maximum absolute atomic E-state index is 12.3. The number of amides is 1. The molecule has 0 heterocycles. The number of carbonyl (C=O) groups is 4. The average molecular weight is 353 g/mol. The number of hydrogen-bond acceptors (Lipinski definition) is 8. The van der Waals surface area contributed by atoms with Crippen LogP contribution in [0.3, 0.4) is 0 Å². The van der Waals surface area contributed by atoms with Gasteiger partial charge in [-0.3, -0.25) is 14.4 Å². The van der Waals surface area contributed by atoms with Crippen LogP contribution in [0.4, 0.5) is 0 Å². The normalized spacial score (nSPS) is 12.4. The second-order valence-corrected chi connectivity index (χ2v) is 4.93. The van der Waals surface area contributed by atoms with E-state index in [1.807, 2.05) is 0 Å². The Hall–Kier alpha value is -3.10. The summed E-state index contributed by atoms with van der Waals surface area (Å²) in [5.41, 5.74) is 0.133. The van der Waals surface area contributed by atoms with Gasteiger partial charge in [0, 0.05) is 5.56 Å². The zero-order valence-corrected chi connectivity index (χ0v) is 14.0. The number of phenolic OH excluding ortho intramolecular Hbond substituents is 1. The molecule has 0 aliphatic carbocycles. The van der Waals surface area contributed by atoms with Crippen molar-refractivity contribution < 1.29 is 38.5 Å².